The number of rotatable bonds is 7. The van der Waals surface area contributed by atoms with Crippen LogP contribution in [-0.4, -0.2) is 56.6 Å². The highest BCUT2D eigenvalue weighted by molar-refractivity contribution is 6.31. The van der Waals surface area contributed by atoms with Gasteiger partial charge in [-0.2, -0.15) is 0 Å². The molecule has 2 amide bonds. The quantitative estimate of drug-likeness (QED) is 0.465. The number of aryl methyl sites for hydroxylation is 1. The van der Waals surface area contributed by atoms with Gasteiger partial charge >= 0.3 is 6.03 Å². The van der Waals surface area contributed by atoms with Crippen molar-refractivity contribution in [2.75, 3.05) is 32.5 Å². The number of benzene rings is 1. The number of hydrogen-bond acceptors (Lipinski definition) is 5. The van der Waals surface area contributed by atoms with E-state index in [1.807, 2.05) is 13.0 Å². The Bertz CT molecular complexity index is 597. The largest absolute Gasteiger partial charge is 0.321 e. The minimum Gasteiger partial charge on any atom is -0.310 e. The lowest BCUT2D eigenvalue weighted by atomic mass is 10.1. The highest BCUT2D eigenvalue weighted by Gasteiger charge is 2.25. The second kappa shape index (κ2) is 10.1. The van der Waals surface area contributed by atoms with Crippen LogP contribution in [-0.2, 0) is 0 Å². The molecule has 0 spiro atoms. The third-order valence-corrected chi connectivity index (χ3v) is 4.70. The van der Waals surface area contributed by atoms with Crippen LogP contribution in [0.25, 0.3) is 0 Å². The van der Waals surface area contributed by atoms with Crippen molar-refractivity contribution in [3.63, 3.8) is 0 Å². The molecule has 1 aromatic rings. The van der Waals surface area contributed by atoms with Crippen LogP contribution >= 0.6 is 11.6 Å². The van der Waals surface area contributed by atoms with Gasteiger partial charge in [-0.25, -0.2) is 4.79 Å². The molecule has 1 aromatic carbocycles. The summed E-state index contributed by atoms with van der Waals surface area (Å²) < 4.78 is 0. The first-order chi connectivity index (χ1) is 12.3. The van der Waals surface area contributed by atoms with Crippen LogP contribution in [0.4, 0.5) is 10.5 Å². The molecule has 0 aromatic heterocycles. The normalized spacial score (nSPS) is 23.1. The van der Waals surface area contributed by atoms with Crippen molar-refractivity contribution in [2.45, 2.75) is 45.2 Å². The van der Waals surface area contributed by atoms with Gasteiger partial charge in [-0.3, -0.25) is 10.6 Å². The zero-order valence-electron chi connectivity index (χ0n) is 16.0. The number of nitrogens with one attached hydrogen (secondary N) is 5. The van der Waals surface area contributed by atoms with E-state index < -0.39 is 0 Å². The fourth-order valence-electron chi connectivity index (χ4n) is 2.94. The number of halogens is 1. The Morgan fingerprint density at radius 3 is 2.81 bits per heavy atom. The monoisotopic (exact) mass is 382 g/mol. The van der Waals surface area contributed by atoms with E-state index in [-0.39, 0.29) is 18.5 Å². The van der Waals surface area contributed by atoms with E-state index in [1.165, 1.54) is 0 Å². The SMILES string of the molecule is Cc1cc(NC(=O)NC2NC(C)CC(NCCCN(C)C)N2)ccc1Cl. The number of carbonyl (C=O) groups excluding carboxylic acids is 1. The summed E-state index contributed by atoms with van der Waals surface area (Å²) in [7, 11) is 4.15. The van der Waals surface area contributed by atoms with Crippen molar-refractivity contribution in [1.29, 1.82) is 0 Å². The van der Waals surface area contributed by atoms with Crippen LogP contribution in [0.5, 0.6) is 0 Å². The van der Waals surface area contributed by atoms with Gasteiger partial charge in [0.1, 0.15) is 6.29 Å². The second-order valence-corrected chi connectivity index (χ2v) is 7.54. The van der Waals surface area contributed by atoms with E-state index >= 15 is 0 Å². The lowest BCUT2D eigenvalue weighted by Crippen LogP contribution is -2.67. The molecule has 2 rings (SSSR count). The van der Waals surface area contributed by atoms with Gasteiger partial charge in [-0.1, -0.05) is 11.6 Å². The van der Waals surface area contributed by atoms with E-state index in [0.717, 1.165) is 31.5 Å². The number of hydrogen-bond donors (Lipinski definition) is 5. The molecule has 0 saturated carbocycles. The molecule has 1 heterocycles. The van der Waals surface area contributed by atoms with Gasteiger partial charge in [0.05, 0.1) is 6.17 Å². The number of anilines is 1. The molecule has 26 heavy (non-hydrogen) atoms. The van der Waals surface area contributed by atoms with Crippen LogP contribution in [0.3, 0.4) is 0 Å². The molecule has 7 nitrogen and oxygen atoms in total. The van der Waals surface area contributed by atoms with Crippen LogP contribution in [0, 0.1) is 6.92 Å². The summed E-state index contributed by atoms with van der Waals surface area (Å²) in [6.07, 6.45) is 1.91. The van der Waals surface area contributed by atoms with Crippen molar-refractivity contribution >= 4 is 23.3 Å². The summed E-state index contributed by atoms with van der Waals surface area (Å²) >= 11 is 6.02. The van der Waals surface area contributed by atoms with Crippen LogP contribution in [0.2, 0.25) is 5.02 Å². The summed E-state index contributed by atoms with van der Waals surface area (Å²) in [6.45, 7) is 6.01. The zero-order valence-corrected chi connectivity index (χ0v) is 16.8. The Morgan fingerprint density at radius 1 is 1.35 bits per heavy atom. The topological polar surface area (TPSA) is 80.5 Å². The van der Waals surface area contributed by atoms with Gasteiger partial charge in [-0.15, -0.1) is 0 Å². The minimum absolute atomic E-state index is 0.163. The minimum atomic E-state index is -0.293. The molecule has 0 radical (unpaired) electrons. The molecule has 146 valence electrons. The van der Waals surface area contributed by atoms with Crippen molar-refractivity contribution in [3.05, 3.63) is 28.8 Å². The smallest absolute Gasteiger partial charge is 0.310 e. The van der Waals surface area contributed by atoms with E-state index in [2.05, 4.69) is 52.5 Å². The Morgan fingerprint density at radius 2 is 2.12 bits per heavy atom. The molecule has 8 heteroatoms. The van der Waals surface area contributed by atoms with Gasteiger partial charge in [-0.05, 0) is 77.6 Å². The molecule has 1 aliphatic heterocycles. The Labute approximate surface area is 161 Å². The first kappa shape index (κ1) is 20.9. The van der Waals surface area contributed by atoms with E-state index in [4.69, 9.17) is 11.6 Å². The number of amides is 2. The second-order valence-electron chi connectivity index (χ2n) is 7.13. The molecule has 1 aliphatic rings. The molecule has 0 bridgehead atoms. The molecular weight excluding hydrogens is 352 g/mol. The van der Waals surface area contributed by atoms with Gasteiger partial charge in [0.25, 0.3) is 0 Å². The average molecular weight is 383 g/mol. The fraction of sp³-hybridized carbons (Fsp3) is 0.611. The maximum absolute atomic E-state index is 12.3. The first-order valence-corrected chi connectivity index (χ1v) is 9.45. The van der Waals surface area contributed by atoms with Gasteiger partial charge in [0, 0.05) is 16.8 Å². The van der Waals surface area contributed by atoms with E-state index in [9.17, 15) is 4.79 Å². The Hall–Kier alpha value is -1.38. The number of nitrogens with zero attached hydrogens (tertiary/aromatic N) is 1. The van der Waals surface area contributed by atoms with E-state index in [0.29, 0.717) is 16.8 Å². The Balaban J connectivity index is 1.79. The summed E-state index contributed by atoms with van der Waals surface area (Å²) in [5.74, 6) is 0. The van der Waals surface area contributed by atoms with Crippen LogP contribution in [0.15, 0.2) is 18.2 Å². The van der Waals surface area contributed by atoms with Crippen molar-refractivity contribution in [1.82, 2.24) is 26.2 Å². The molecule has 3 unspecified atom stereocenters. The molecule has 3 atom stereocenters. The lowest BCUT2D eigenvalue weighted by molar-refractivity contribution is 0.192. The number of carbonyl (C=O) groups is 1. The molecular formula is C18H31ClN6O. The third kappa shape index (κ3) is 7.09. The Kier molecular flexibility index (Phi) is 8.12. The molecule has 0 aliphatic carbocycles. The maximum atomic E-state index is 12.3. The van der Waals surface area contributed by atoms with Crippen LogP contribution in [0.1, 0.15) is 25.3 Å². The van der Waals surface area contributed by atoms with E-state index in [1.54, 1.807) is 12.1 Å². The van der Waals surface area contributed by atoms with Crippen molar-refractivity contribution in [2.24, 2.45) is 0 Å². The first-order valence-electron chi connectivity index (χ1n) is 9.07. The summed E-state index contributed by atoms with van der Waals surface area (Å²) in [4.78, 5) is 14.4. The summed E-state index contributed by atoms with van der Waals surface area (Å²) in [5, 5.41) is 16.7. The van der Waals surface area contributed by atoms with Crippen molar-refractivity contribution in [3.8, 4) is 0 Å². The standard InChI is InChI=1S/C18H31ClN6O/c1-12-10-14(6-7-15(12)19)22-18(26)24-17-21-13(2)11-16(23-17)20-8-5-9-25(3)4/h6-7,10,13,16-17,20-21,23H,5,8-9,11H2,1-4H3,(H2,22,24,26). The molecule has 1 fully saturated rings. The maximum Gasteiger partial charge on any atom is 0.321 e. The summed E-state index contributed by atoms with van der Waals surface area (Å²) in [6, 6.07) is 5.44. The van der Waals surface area contributed by atoms with Gasteiger partial charge in [0.15, 0.2) is 0 Å². The average Bonchev–Trinajstić information content (AvgIpc) is 2.54. The zero-order chi connectivity index (χ0) is 19.1. The van der Waals surface area contributed by atoms with Crippen molar-refractivity contribution < 1.29 is 4.79 Å². The lowest BCUT2D eigenvalue weighted by Gasteiger charge is -2.37. The molecule has 1 saturated heterocycles. The van der Waals surface area contributed by atoms with Gasteiger partial charge < -0.3 is 20.9 Å². The third-order valence-electron chi connectivity index (χ3n) is 4.27. The van der Waals surface area contributed by atoms with Gasteiger partial charge in [0.2, 0.25) is 0 Å². The van der Waals surface area contributed by atoms with Crippen LogP contribution < -0.4 is 26.6 Å². The molecule has 5 N–H and O–H groups in total. The summed E-state index contributed by atoms with van der Waals surface area (Å²) in [5.41, 5.74) is 1.64. The number of urea groups is 1. The predicted molar refractivity (Wildman–Crippen MR) is 107 cm³/mol. The highest BCUT2D eigenvalue weighted by atomic mass is 35.5. The predicted octanol–water partition coefficient (Wildman–Crippen LogP) is 1.89. The highest BCUT2D eigenvalue weighted by Crippen LogP contribution is 2.19. The fourth-order valence-corrected chi connectivity index (χ4v) is 3.06.